The number of allylic oxidation sites excluding steroid dienone is 1. The van der Waals surface area contributed by atoms with E-state index in [1.807, 2.05) is 0 Å². The van der Waals surface area contributed by atoms with E-state index in [9.17, 15) is 18.0 Å². The van der Waals surface area contributed by atoms with Gasteiger partial charge in [-0.2, -0.15) is 13.2 Å². The van der Waals surface area contributed by atoms with E-state index in [1.165, 1.54) is 6.07 Å². The molecule has 0 fully saturated rings. The second-order valence-electron chi connectivity index (χ2n) is 3.37. The first kappa shape index (κ1) is 12.5. The average molecular weight is 228 g/mol. The van der Waals surface area contributed by atoms with Crippen LogP contribution in [0.5, 0.6) is 0 Å². The lowest BCUT2D eigenvalue weighted by atomic mass is 10.0. The van der Waals surface area contributed by atoms with Crippen molar-refractivity contribution in [2.24, 2.45) is 0 Å². The van der Waals surface area contributed by atoms with Crippen molar-refractivity contribution in [1.29, 1.82) is 0 Å². The van der Waals surface area contributed by atoms with E-state index in [4.69, 9.17) is 0 Å². The van der Waals surface area contributed by atoms with Gasteiger partial charge < -0.3 is 4.79 Å². The summed E-state index contributed by atoms with van der Waals surface area (Å²) in [5.74, 6) is 0. The summed E-state index contributed by atoms with van der Waals surface area (Å²) >= 11 is 0. The lowest BCUT2D eigenvalue weighted by molar-refractivity contribution is -0.137. The summed E-state index contributed by atoms with van der Waals surface area (Å²) in [4.78, 5) is 10.1. The Bertz CT molecular complexity index is 405. The van der Waals surface area contributed by atoms with Crippen molar-refractivity contribution >= 4 is 12.4 Å². The molecular formula is C12H11F3O. The summed E-state index contributed by atoms with van der Waals surface area (Å²) in [6, 6.07) is 3.54. The molecule has 0 radical (unpaired) electrons. The molecule has 0 saturated carbocycles. The van der Waals surface area contributed by atoms with E-state index in [0.717, 1.165) is 18.4 Å². The van der Waals surface area contributed by atoms with Gasteiger partial charge in [0.1, 0.15) is 6.29 Å². The van der Waals surface area contributed by atoms with Gasteiger partial charge in [0.05, 0.1) is 5.56 Å². The number of hydrogen-bond acceptors (Lipinski definition) is 1. The number of hydrogen-bond donors (Lipinski definition) is 0. The number of alkyl halides is 3. The summed E-state index contributed by atoms with van der Waals surface area (Å²) in [5.41, 5.74) is 0.573. The number of aryl methyl sites for hydroxylation is 1. The molecule has 1 nitrogen and oxygen atoms in total. The van der Waals surface area contributed by atoms with Crippen molar-refractivity contribution < 1.29 is 18.0 Å². The highest BCUT2D eigenvalue weighted by molar-refractivity contribution is 5.60. The zero-order valence-corrected chi connectivity index (χ0v) is 8.71. The molecule has 0 aromatic heterocycles. The third-order valence-corrected chi connectivity index (χ3v) is 2.13. The lowest BCUT2D eigenvalue weighted by Crippen LogP contribution is -2.05. The Labute approximate surface area is 91.6 Å². The predicted octanol–water partition coefficient (Wildman–Crippen LogP) is 3.62. The summed E-state index contributed by atoms with van der Waals surface area (Å²) < 4.78 is 37.0. The third kappa shape index (κ3) is 3.22. The van der Waals surface area contributed by atoms with Gasteiger partial charge in [0.15, 0.2) is 0 Å². The topological polar surface area (TPSA) is 17.1 Å². The van der Waals surface area contributed by atoms with Crippen molar-refractivity contribution in [2.75, 3.05) is 0 Å². The van der Waals surface area contributed by atoms with Gasteiger partial charge in [-0.05, 0) is 30.2 Å². The molecule has 1 rings (SSSR count). The quantitative estimate of drug-likeness (QED) is 0.722. The second kappa shape index (κ2) is 4.96. The number of aldehydes is 1. The van der Waals surface area contributed by atoms with Gasteiger partial charge in [0.25, 0.3) is 0 Å². The fraction of sp³-hybridized carbons (Fsp3) is 0.250. The molecule has 0 bridgehead atoms. The van der Waals surface area contributed by atoms with Gasteiger partial charge >= 0.3 is 6.18 Å². The maximum absolute atomic E-state index is 12.3. The fourth-order valence-corrected chi connectivity index (χ4v) is 1.29. The van der Waals surface area contributed by atoms with Crippen molar-refractivity contribution in [3.8, 4) is 0 Å². The molecule has 1 aromatic carbocycles. The normalized spacial score (nSPS) is 12.0. The standard InChI is InChI=1S/C12H11F3O/c1-9-8-11(12(13,14)15)6-5-10(9)4-2-3-7-16/h2,4-8H,3H2,1H3. The molecule has 0 aliphatic carbocycles. The molecule has 0 spiro atoms. The van der Waals surface area contributed by atoms with Crippen LogP contribution in [0, 0.1) is 6.92 Å². The fourth-order valence-electron chi connectivity index (χ4n) is 1.29. The Balaban J connectivity index is 2.96. The molecule has 0 atom stereocenters. The van der Waals surface area contributed by atoms with Crippen LogP contribution >= 0.6 is 0 Å². The highest BCUT2D eigenvalue weighted by atomic mass is 19.4. The molecule has 0 aliphatic heterocycles. The van der Waals surface area contributed by atoms with Crippen LogP contribution in [-0.2, 0) is 11.0 Å². The number of halogens is 3. The predicted molar refractivity (Wildman–Crippen MR) is 55.9 cm³/mol. The minimum Gasteiger partial charge on any atom is -0.303 e. The van der Waals surface area contributed by atoms with Gasteiger partial charge in [-0.1, -0.05) is 18.2 Å². The van der Waals surface area contributed by atoms with E-state index >= 15 is 0 Å². The molecule has 0 saturated heterocycles. The summed E-state index contributed by atoms with van der Waals surface area (Å²) in [5, 5.41) is 0. The van der Waals surface area contributed by atoms with Crippen molar-refractivity contribution in [3.63, 3.8) is 0 Å². The van der Waals surface area contributed by atoms with Crippen molar-refractivity contribution in [2.45, 2.75) is 19.5 Å². The molecule has 0 heterocycles. The van der Waals surface area contributed by atoms with Crippen LogP contribution in [0.25, 0.3) is 6.08 Å². The smallest absolute Gasteiger partial charge is 0.303 e. The van der Waals surface area contributed by atoms with Gasteiger partial charge in [-0.3, -0.25) is 0 Å². The van der Waals surface area contributed by atoms with E-state index in [0.29, 0.717) is 11.1 Å². The molecule has 0 unspecified atom stereocenters. The number of carbonyl (C=O) groups excluding carboxylic acids is 1. The Morgan fingerprint density at radius 3 is 2.50 bits per heavy atom. The largest absolute Gasteiger partial charge is 0.416 e. The van der Waals surface area contributed by atoms with Crippen LogP contribution in [0.2, 0.25) is 0 Å². The van der Waals surface area contributed by atoms with E-state index in [2.05, 4.69) is 0 Å². The summed E-state index contributed by atoms with van der Waals surface area (Å²) in [6.07, 6.45) is -0.0569. The van der Waals surface area contributed by atoms with Crippen LogP contribution in [0.3, 0.4) is 0 Å². The van der Waals surface area contributed by atoms with E-state index in [1.54, 1.807) is 19.1 Å². The number of benzene rings is 1. The average Bonchev–Trinajstić information content (AvgIpc) is 2.19. The first-order valence-electron chi connectivity index (χ1n) is 4.73. The van der Waals surface area contributed by atoms with E-state index in [-0.39, 0.29) is 6.42 Å². The molecule has 16 heavy (non-hydrogen) atoms. The third-order valence-electron chi connectivity index (χ3n) is 2.13. The lowest BCUT2D eigenvalue weighted by Gasteiger charge is -2.08. The van der Waals surface area contributed by atoms with Crippen molar-refractivity contribution in [1.82, 2.24) is 0 Å². The zero-order valence-electron chi connectivity index (χ0n) is 8.71. The maximum atomic E-state index is 12.3. The van der Waals surface area contributed by atoms with Crippen LogP contribution < -0.4 is 0 Å². The minimum atomic E-state index is -4.31. The molecule has 0 amide bonds. The molecule has 0 N–H and O–H groups in total. The monoisotopic (exact) mass is 228 g/mol. The molecule has 4 heteroatoms. The Hall–Kier alpha value is -1.58. The van der Waals surface area contributed by atoms with Crippen LogP contribution in [0.15, 0.2) is 24.3 Å². The van der Waals surface area contributed by atoms with Gasteiger partial charge in [-0.15, -0.1) is 0 Å². The Morgan fingerprint density at radius 1 is 1.31 bits per heavy atom. The number of carbonyl (C=O) groups is 1. The van der Waals surface area contributed by atoms with Crippen LogP contribution in [0.4, 0.5) is 13.2 Å². The SMILES string of the molecule is Cc1cc(C(F)(F)F)ccc1C=CCC=O. The van der Waals surface area contributed by atoms with Crippen LogP contribution in [-0.4, -0.2) is 6.29 Å². The maximum Gasteiger partial charge on any atom is 0.416 e. The molecule has 0 aliphatic rings. The summed E-state index contributed by atoms with van der Waals surface area (Å²) in [7, 11) is 0. The summed E-state index contributed by atoms with van der Waals surface area (Å²) in [6.45, 7) is 1.61. The molecule has 86 valence electrons. The van der Waals surface area contributed by atoms with Crippen molar-refractivity contribution in [3.05, 3.63) is 41.0 Å². The van der Waals surface area contributed by atoms with E-state index < -0.39 is 11.7 Å². The highest BCUT2D eigenvalue weighted by Gasteiger charge is 2.30. The molecule has 1 aromatic rings. The first-order valence-corrected chi connectivity index (χ1v) is 4.73. The molecular weight excluding hydrogens is 217 g/mol. The Kier molecular flexibility index (Phi) is 3.88. The first-order chi connectivity index (χ1) is 7.45. The second-order valence-corrected chi connectivity index (χ2v) is 3.37. The van der Waals surface area contributed by atoms with Gasteiger partial charge in [0.2, 0.25) is 0 Å². The van der Waals surface area contributed by atoms with Gasteiger partial charge in [0, 0.05) is 6.42 Å². The zero-order chi connectivity index (χ0) is 12.2. The number of rotatable bonds is 3. The van der Waals surface area contributed by atoms with Crippen LogP contribution in [0.1, 0.15) is 23.1 Å². The minimum absolute atomic E-state index is 0.264. The van der Waals surface area contributed by atoms with Gasteiger partial charge in [-0.25, -0.2) is 0 Å². The Morgan fingerprint density at radius 2 is 2.00 bits per heavy atom. The highest BCUT2D eigenvalue weighted by Crippen LogP contribution is 2.30.